The smallest absolute Gasteiger partial charge is 0.408 e. The lowest BCUT2D eigenvalue weighted by Crippen LogP contribution is -2.50. The zero-order chi connectivity index (χ0) is 28.8. The van der Waals surface area contributed by atoms with E-state index in [0.717, 1.165) is 4.90 Å². The van der Waals surface area contributed by atoms with Crippen LogP contribution in [0.1, 0.15) is 44.5 Å². The number of aromatic amines is 1. The molecule has 3 aromatic rings. The molecule has 1 atom stereocenters. The lowest BCUT2D eigenvalue weighted by molar-refractivity contribution is -0.171. The monoisotopic (exact) mass is 569 g/mol. The van der Waals surface area contributed by atoms with Crippen LogP contribution in [0.5, 0.6) is 5.75 Å². The fourth-order valence-corrected chi connectivity index (χ4v) is 5.41. The number of nitrogens with one attached hydrogen (secondary N) is 1. The summed E-state index contributed by atoms with van der Waals surface area (Å²) in [6.45, 7) is -0.359. The number of halogens is 5. The van der Waals surface area contributed by atoms with E-state index in [4.69, 9.17) is 5.73 Å². The standard InChI is InChI=1S/C25H20F5N3O5S/c1-10(25(28,29)30)33(9-31)23(36)20-22(35)21(34)17(24(37)38)19(32-20)13-7-15(26)18(27)14-8-39-16-5-3-2-4-11(16)6-12(13)14/h2-5,7,10,35H,6,8-9,31H2,1H3,(H,32,34)(H,37,38)/t10-/m1/s1. The van der Waals surface area contributed by atoms with Crippen LogP contribution >= 0.6 is 11.8 Å². The quantitative estimate of drug-likeness (QED) is 0.267. The Labute approximate surface area is 221 Å². The highest BCUT2D eigenvalue weighted by atomic mass is 32.2. The SMILES string of the molecule is C[C@@H](N(CN)C(=O)c1[nH]c(-c2cc(F)c(F)c3c2Cc2ccccc2SC3)c(C(=O)O)c(=O)c1O)C(F)(F)F. The van der Waals surface area contributed by atoms with Gasteiger partial charge in [0.05, 0.1) is 12.4 Å². The second-order valence-corrected chi connectivity index (χ2v) is 9.68. The summed E-state index contributed by atoms with van der Waals surface area (Å²) >= 11 is 1.20. The summed E-state index contributed by atoms with van der Waals surface area (Å²) in [5.41, 5.74) is 1.17. The van der Waals surface area contributed by atoms with E-state index in [1.165, 1.54) is 11.8 Å². The number of pyridine rings is 1. The maximum absolute atomic E-state index is 14.9. The van der Waals surface area contributed by atoms with E-state index in [1.54, 1.807) is 24.3 Å². The third-order valence-corrected chi connectivity index (χ3v) is 7.56. The van der Waals surface area contributed by atoms with Gasteiger partial charge in [0.15, 0.2) is 23.1 Å². The lowest BCUT2D eigenvalue weighted by Gasteiger charge is -2.29. The van der Waals surface area contributed by atoms with Gasteiger partial charge in [0, 0.05) is 21.8 Å². The molecular formula is C25H20F5N3O5S. The van der Waals surface area contributed by atoms with Crippen molar-refractivity contribution < 1.29 is 41.8 Å². The lowest BCUT2D eigenvalue weighted by atomic mass is 9.91. The summed E-state index contributed by atoms with van der Waals surface area (Å²) < 4.78 is 69.8. The van der Waals surface area contributed by atoms with E-state index in [9.17, 15) is 46.5 Å². The Morgan fingerprint density at radius 3 is 2.49 bits per heavy atom. The van der Waals surface area contributed by atoms with Crippen molar-refractivity contribution in [3.63, 3.8) is 0 Å². The second kappa shape index (κ2) is 10.3. The maximum Gasteiger partial charge on any atom is 0.408 e. The molecule has 39 heavy (non-hydrogen) atoms. The molecule has 1 aliphatic heterocycles. The summed E-state index contributed by atoms with van der Waals surface area (Å²) in [5.74, 6) is -7.57. The van der Waals surface area contributed by atoms with E-state index in [0.29, 0.717) is 18.6 Å². The number of thioether (sulfide) groups is 1. The first kappa shape index (κ1) is 28.1. The maximum atomic E-state index is 14.9. The molecule has 1 amide bonds. The number of nitrogens with zero attached hydrogens (tertiary/aromatic N) is 1. The third kappa shape index (κ3) is 4.96. The van der Waals surface area contributed by atoms with Crippen LogP contribution in [0, 0.1) is 11.6 Å². The molecule has 0 aliphatic carbocycles. The summed E-state index contributed by atoms with van der Waals surface area (Å²) in [6.07, 6.45) is -4.96. The van der Waals surface area contributed by atoms with E-state index in [-0.39, 0.29) is 33.8 Å². The molecular weight excluding hydrogens is 549 g/mol. The van der Waals surface area contributed by atoms with Crippen molar-refractivity contribution in [1.82, 2.24) is 9.88 Å². The van der Waals surface area contributed by atoms with Crippen LogP contribution in [-0.4, -0.2) is 50.9 Å². The number of nitrogens with two attached hydrogens (primary N) is 1. The molecule has 5 N–H and O–H groups in total. The molecule has 8 nitrogen and oxygen atoms in total. The fourth-order valence-electron chi connectivity index (χ4n) is 4.31. The Bertz CT molecular complexity index is 1560. The van der Waals surface area contributed by atoms with Crippen molar-refractivity contribution in [3.05, 3.63) is 80.1 Å². The molecule has 4 rings (SSSR count). The van der Waals surface area contributed by atoms with Crippen LogP contribution in [0.15, 0.2) is 40.0 Å². The van der Waals surface area contributed by atoms with Gasteiger partial charge in [-0.2, -0.15) is 13.2 Å². The van der Waals surface area contributed by atoms with Gasteiger partial charge >= 0.3 is 12.1 Å². The number of aromatic carboxylic acids is 1. The molecule has 2 heterocycles. The van der Waals surface area contributed by atoms with Gasteiger partial charge < -0.3 is 25.8 Å². The number of amides is 1. The molecule has 0 spiro atoms. The predicted octanol–water partition coefficient (Wildman–Crippen LogP) is 4.23. The number of aromatic hydroxyl groups is 1. The number of carboxylic acid groups (broad SMARTS) is 1. The van der Waals surface area contributed by atoms with Crippen LogP contribution in [0.2, 0.25) is 0 Å². The molecule has 206 valence electrons. The number of alkyl halides is 3. The van der Waals surface area contributed by atoms with Crippen molar-refractivity contribution in [2.24, 2.45) is 5.73 Å². The van der Waals surface area contributed by atoms with Gasteiger partial charge in [-0.15, -0.1) is 11.8 Å². The van der Waals surface area contributed by atoms with Gasteiger partial charge in [0.1, 0.15) is 11.6 Å². The summed E-state index contributed by atoms with van der Waals surface area (Å²) in [7, 11) is 0. The van der Waals surface area contributed by atoms with E-state index >= 15 is 0 Å². The minimum absolute atomic E-state index is 0.0314. The fraction of sp³-hybridized carbons (Fsp3) is 0.240. The number of fused-ring (bicyclic) bond motifs is 2. The van der Waals surface area contributed by atoms with Gasteiger partial charge in [-0.1, -0.05) is 18.2 Å². The Hall–Kier alpha value is -3.91. The van der Waals surface area contributed by atoms with Gasteiger partial charge in [-0.25, -0.2) is 13.6 Å². The second-order valence-electron chi connectivity index (χ2n) is 8.66. The van der Waals surface area contributed by atoms with Gasteiger partial charge in [0.2, 0.25) is 5.43 Å². The number of carbonyl (C=O) groups excluding carboxylic acids is 1. The molecule has 2 aromatic carbocycles. The Morgan fingerprint density at radius 2 is 1.87 bits per heavy atom. The van der Waals surface area contributed by atoms with Crippen LogP contribution in [0.3, 0.4) is 0 Å². The van der Waals surface area contributed by atoms with Crippen molar-refractivity contribution in [2.45, 2.75) is 36.2 Å². The summed E-state index contributed by atoms with van der Waals surface area (Å²) in [5, 5.41) is 20.2. The number of aromatic nitrogens is 1. The van der Waals surface area contributed by atoms with E-state index < -0.39 is 70.5 Å². The predicted molar refractivity (Wildman–Crippen MR) is 131 cm³/mol. The normalized spacial score (nSPS) is 13.7. The molecule has 0 radical (unpaired) electrons. The number of hydrogen-bond acceptors (Lipinski definition) is 6. The van der Waals surface area contributed by atoms with Gasteiger partial charge in [-0.3, -0.25) is 9.59 Å². The molecule has 0 bridgehead atoms. The number of rotatable bonds is 5. The highest BCUT2D eigenvalue weighted by Gasteiger charge is 2.43. The topological polar surface area (TPSA) is 137 Å². The Kier molecular flexibility index (Phi) is 7.45. The van der Waals surface area contributed by atoms with Crippen molar-refractivity contribution in [3.8, 4) is 17.0 Å². The zero-order valence-electron chi connectivity index (χ0n) is 20.0. The van der Waals surface area contributed by atoms with E-state index in [2.05, 4.69) is 4.98 Å². The number of benzene rings is 2. The highest BCUT2D eigenvalue weighted by Crippen LogP contribution is 2.40. The van der Waals surface area contributed by atoms with Crippen molar-refractivity contribution in [2.75, 3.05) is 6.67 Å². The van der Waals surface area contributed by atoms with Crippen molar-refractivity contribution >= 4 is 23.6 Å². The number of hydrogen-bond donors (Lipinski definition) is 4. The summed E-state index contributed by atoms with van der Waals surface area (Å²) in [6, 6.07) is 5.10. The first-order chi connectivity index (χ1) is 18.3. The Morgan fingerprint density at radius 1 is 1.21 bits per heavy atom. The zero-order valence-corrected chi connectivity index (χ0v) is 20.8. The average Bonchev–Trinajstić information content (AvgIpc) is 3.07. The Balaban J connectivity index is 2.02. The highest BCUT2D eigenvalue weighted by molar-refractivity contribution is 7.98. The molecule has 1 aliphatic rings. The largest absolute Gasteiger partial charge is 0.503 e. The minimum Gasteiger partial charge on any atom is -0.503 e. The van der Waals surface area contributed by atoms with Crippen LogP contribution < -0.4 is 11.2 Å². The van der Waals surface area contributed by atoms with Gasteiger partial charge in [0.25, 0.3) is 5.91 Å². The first-order valence-corrected chi connectivity index (χ1v) is 12.3. The first-order valence-electron chi connectivity index (χ1n) is 11.3. The molecule has 1 aromatic heterocycles. The molecule has 0 saturated heterocycles. The van der Waals surface area contributed by atoms with Gasteiger partial charge in [-0.05, 0) is 36.6 Å². The van der Waals surface area contributed by atoms with E-state index in [1.807, 2.05) is 0 Å². The van der Waals surface area contributed by atoms with Crippen molar-refractivity contribution in [1.29, 1.82) is 0 Å². The van der Waals surface area contributed by atoms with Crippen LogP contribution in [0.25, 0.3) is 11.3 Å². The molecule has 0 saturated carbocycles. The summed E-state index contributed by atoms with van der Waals surface area (Å²) in [4.78, 5) is 41.2. The molecule has 0 fully saturated rings. The van der Waals surface area contributed by atoms with Crippen LogP contribution in [0.4, 0.5) is 22.0 Å². The molecule has 0 unspecified atom stereocenters. The number of carboxylic acids is 1. The number of H-pyrrole nitrogens is 1. The minimum atomic E-state index is -4.93. The van der Waals surface area contributed by atoms with Crippen LogP contribution in [-0.2, 0) is 12.2 Å². The number of carbonyl (C=O) groups is 2. The third-order valence-electron chi connectivity index (χ3n) is 6.42. The molecule has 14 heteroatoms. The average molecular weight is 570 g/mol.